The van der Waals surface area contributed by atoms with Crippen molar-refractivity contribution < 1.29 is 18.7 Å². The minimum Gasteiger partial charge on any atom is -0.497 e. The smallest absolute Gasteiger partial charge is 0.260 e. The normalized spacial score (nSPS) is 11.1. The molecule has 0 bridgehead atoms. The van der Waals surface area contributed by atoms with Crippen LogP contribution in [0.25, 0.3) is 10.2 Å². The maximum absolute atomic E-state index is 13.0. The molecule has 0 aliphatic heterocycles. The summed E-state index contributed by atoms with van der Waals surface area (Å²) in [5.74, 6) is 0.264. The number of carbonyl (C=O) groups is 1. The summed E-state index contributed by atoms with van der Waals surface area (Å²) in [7, 11) is 1.59. The molecule has 0 saturated carbocycles. The maximum atomic E-state index is 13.0. The number of halogens is 1. The number of hydrogen-bond donors (Lipinski definition) is 1. The van der Waals surface area contributed by atoms with E-state index in [9.17, 15) is 14.0 Å². The van der Waals surface area contributed by atoms with Crippen LogP contribution < -0.4 is 10.3 Å². The van der Waals surface area contributed by atoms with Gasteiger partial charge in [0.1, 0.15) is 16.4 Å². The summed E-state index contributed by atoms with van der Waals surface area (Å²) in [5, 5.41) is 2.24. The molecule has 0 aliphatic rings. The van der Waals surface area contributed by atoms with Gasteiger partial charge >= 0.3 is 0 Å². The fourth-order valence-electron chi connectivity index (χ4n) is 3.31. The lowest BCUT2D eigenvalue weighted by atomic mass is 10.1. The first-order valence-corrected chi connectivity index (χ1v) is 10.9. The summed E-state index contributed by atoms with van der Waals surface area (Å²) in [6.45, 7) is 0.509. The van der Waals surface area contributed by atoms with E-state index in [1.165, 1.54) is 23.5 Å². The van der Waals surface area contributed by atoms with E-state index >= 15 is 0 Å². The van der Waals surface area contributed by atoms with Crippen molar-refractivity contribution in [1.29, 1.82) is 0 Å². The monoisotopic (exact) mass is 452 g/mol. The Morgan fingerprint density at radius 2 is 1.94 bits per heavy atom. The van der Waals surface area contributed by atoms with Crippen LogP contribution in [0.3, 0.4) is 0 Å². The molecule has 0 fully saturated rings. The number of aryl methyl sites for hydroxylation is 1. The Labute approximate surface area is 187 Å². The zero-order valence-electron chi connectivity index (χ0n) is 17.4. The van der Waals surface area contributed by atoms with Crippen molar-refractivity contribution in [3.8, 4) is 5.75 Å². The number of aromatic nitrogens is 2. The highest BCUT2D eigenvalue weighted by Gasteiger charge is 2.16. The predicted molar refractivity (Wildman–Crippen MR) is 121 cm³/mol. The Hall–Kier alpha value is -3.36. The van der Waals surface area contributed by atoms with Crippen molar-refractivity contribution in [2.75, 3.05) is 7.11 Å². The number of thiophene rings is 1. The molecule has 6 nitrogen and oxygen atoms in total. The molecule has 0 spiro atoms. The number of benzene rings is 2. The zero-order valence-corrected chi connectivity index (χ0v) is 18.2. The van der Waals surface area contributed by atoms with Gasteiger partial charge in [-0.1, -0.05) is 24.3 Å². The number of rotatable bonds is 9. The van der Waals surface area contributed by atoms with E-state index in [1.54, 1.807) is 19.2 Å². The van der Waals surface area contributed by atoms with Crippen molar-refractivity contribution >= 4 is 27.3 Å². The van der Waals surface area contributed by atoms with Gasteiger partial charge in [-0.3, -0.25) is 9.59 Å². The number of hydrogen-bond acceptors (Lipinski definition) is 6. The van der Waals surface area contributed by atoms with Crippen LogP contribution in [0, 0.1) is 5.82 Å². The number of aromatic amines is 1. The van der Waals surface area contributed by atoms with Gasteiger partial charge in [0.15, 0.2) is 11.6 Å². The van der Waals surface area contributed by atoms with Crippen LogP contribution in [0.4, 0.5) is 4.39 Å². The predicted octanol–water partition coefficient (Wildman–Crippen LogP) is 4.66. The van der Waals surface area contributed by atoms with E-state index < -0.39 is 0 Å². The lowest BCUT2D eigenvalue weighted by Gasteiger charge is -2.05. The summed E-state index contributed by atoms with van der Waals surface area (Å²) in [6, 6.07) is 13.6. The molecular weight excluding hydrogens is 431 g/mol. The molecule has 164 valence electrons. The molecule has 2 heterocycles. The minimum atomic E-state index is -0.360. The van der Waals surface area contributed by atoms with Crippen molar-refractivity contribution in [3.63, 3.8) is 0 Å². The average molecular weight is 453 g/mol. The van der Waals surface area contributed by atoms with Crippen molar-refractivity contribution in [2.45, 2.75) is 26.1 Å². The summed E-state index contributed by atoms with van der Waals surface area (Å²) >= 11 is 1.30. The standard InChI is InChI=1S/C24H21FN2O4S/c1-30-19-4-2-3-15(11-19)7-10-20(28)22-26-23(29)21-17(14-32-24(21)27-22)13-31-12-16-5-8-18(25)9-6-16/h2-6,8-9,11,14H,7,10,12-13H2,1H3,(H,26,27,29). The molecule has 32 heavy (non-hydrogen) atoms. The van der Waals surface area contributed by atoms with Gasteiger partial charge in [-0.25, -0.2) is 9.37 Å². The van der Waals surface area contributed by atoms with E-state index in [2.05, 4.69) is 9.97 Å². The average Bonchev–Trinajstić information content (AvgIpc) is 3.22. The Balaban J connectivity index is 1.42. The van der Waals surface area contributed by atoms with Crippen LogP contribution in [0.1, 0.15) is 33.7 Å². The molecule has 0 amide bonds. The third-order valence-corrected chi connectivity index (χ3v) is 5.92. The number of Topliss-reactive ketones (excluding diaryl/α,β-unsaturated/α-hetero) is 1. The third-order valence-electron chi connectivity index (χ3n) is 5.00. The lowest BCUT2D eigenvalue weighted by Crippen LogP contribution is -2.16. The molecule has 0 aliphatic carbocycles. The number of carbonyl (C=O) groups excluding carboxylic acids is 1. The largest absolute Gasteiger partial charge is 0.497 e. The Morgan fingerprint density at radius 1 is 1.12 bits per heavy atom. The van der Waals surface area contributed by atoms with Gasteiger partial charge in [-0.05, 0) is 47.2 Å². The molecule has 0 atom stereocenters. The maximum Gasteiger partial charge on any atom is 0.260 e. The fraction of sp³-hybridized carbons (Fsp3) is 0.208. The third kappa shape index (κ3) is 5.09. The summed E-state index contributed by atoms with van der Waals surface area (Å²) in [5.41, 5.74) is 2.15. The molecule has 4 aromatic rings. The molecule has 4 rings (SSSR count). The first-order chi connectivity index (χ1) is 15.5. The number of nitrogens with one attached hydrogen (secondary N) is 1. The number of ketones is 1. The van der Waals surface area contributed by atoms with Crippen LogP contribution in [0.2, 0.25) is 0 Å². The van der Waals surface area contributed by atoms with E-state index in [1.807, 2.05) is 29.6 Å². The van der Waals surface area contributed by atoms with E-state index in [4.69, 9.17) is 9.47 Å². The fourth-order valence-corrected chi connectivity index (χ4v) is 4.23. The molecule has 0 radical (unpaired) electrons. The highest BCUT2D eigenvalue weighted by Crippen LogP contribution is 2.23. The number of methoxy groups -OCH3 is 1. The molecule has 2 aromatic carbocycles. The summed E-state index contributed by atoms with van der Waals surface area (Å²) in [4.78, 5) is 32.8. The Bertz CT molecular complexity index is 1300. The second kappa shape index (κ2) is 9.84. The van der Waals surface area contributed by atoms with E-state index in [0.717, 1.165) is 16.9 Å². The Morgan fingerprint density at radius 3 is 2.72 bits per heavy atom. The van der Waals surface area contributed by atoms with E-state index in [-0.39, 0.29) is 36.0 Å². The van der Waals surface area contributed by atoms with E-state index in [0.29, 0.717) is 28.8 Å². The number of ether oxygens (including phenoxy) is 2. The molecule has 1 N–H and O–H groups in total. The zero-order chi connectivity index (χ0) is 22.5. The highest BCUT2D eigenvalue weighted by atomic mass is 32.1. The first kappa shape index (κ1) is 21.9. The van der Waals surface area contributed by atoms with Crippen LogP contribution >= 0.6 is 11.3 Å². The second-order valence-corrected chi connectivity index (χ2v) is 8.11. The molecule has 2 aromatic heterocycles. The first-order valence-electron chi connectivity index (χ1n) is 10.0. The van der Waals surface area contributed by atoms with Crippen LogP contribution in [-0.2, 0) is 24.4 Å². The molecule has 8 heteroatoms. The second-order valence-electron chi connectivity index (χ2n) is 7.25. The van der Waals surface area contributed by atoms with Crippen molar-refractivity contribution in [1.82, 2.24) is 9.97 Å². The number of H-pyrrole nitrogens is 1. The van der Waals surface area contributed by atoms with Crippen molar-refractivity contribution in [2.24, 2.45) is 0 Å². The lowest BCUT2D eigenvalue weighted by molar-refractivity contribution is 0.0973. The quantitative estimate of drug-likeness (QED) is 0.374. The SMILES string of the molecule is COc1cccc(CCC(=O)c2nc3scc(COCc4ccc(F)cc4)c3c(=O)[nH]2)c1. The van der Waals surface area contributed by atoms with Gasteiger partial charge in [-0.15, -0.1) is 11.3 Å². The summed E-state index contributed by atoms with van der Waals surface area (Å²) < 4.78 is 23.9. The number of fused-ring (bicyclic) bond motifs is 1. The summed E-state index contributed by atoms with van der Waals surface area (Å²) in [6.07, 6.45) is 0.741. The topological polar surface area (TPSA) is 81.3 Å². The van der Waals surface area contributed by atoms with Crippen LogP contribution in [0.5, 0.6) is 5.75 Å². The molecular formula is C24H21FN2O4S. The molecule has 0 unspecified atom stereocenters. The molecule has 0 saturated heterocycles. The van der Waals surface area contributed by atoms with Gasteiger partial charge in [-0.2, -0.15) is 0 Å². The van der Waals surface area contributed by atoms with Gasteiger partial charge in [0, 0.05) is 12.0 Å². The van der Waals surface area contributed by atoms with Gasteiger partial charge in [0.05, 0.1) is 25.7 Å². The minimum absolute atomic E-state index is 0.0611. The highest BCUT2D eigenvalue weighted by molar-refractivity contribution is 7.16. The van der Waals surface area contributed by atoms with Gasteiger partial charge < -0.3 is 14.5 Å². The van der Waals surface area contributed by atoms with Crippen LogP contribution in [0.15, 0.2) is 58.7 Å². The Kier molecular flexibility index (Phi) is 6.72. The van der Waals surface area contributed by atoms with Gasteiger partial charge in [0.2, 0.25) is 0 Å². The van der Waals surface area contributed by atoms with Crippen LogP contribution in [-0.4, -0.2) is 22.9 Å². The van der Waals surface area contributed by atoms with Crippen molar-refractivity contribution in [3.05, 3.63) is 92.6 Å². The number of nitrogens with zero attached hydrogens (tertiary/aromatic N) is 1. The van der Waals surface area contributed by atoms with Gasteiger partial charge in [0.25, 0.3) is 5.56 Å².